The Hall–Kier alpha value is -2.89. The van der Waals surface area contributed by atoms with E-state index in [0.717, 1.165) is 24.1 Å². The van der Waals surface area contributed by atoms with E-state index in [-0.39, 0.29) is 34.2 Å². The van der Waals surface area contributed by atoms with Crippen molar-refractivity contribution in [3.05, 3.63) is 93.7 Å². The summed E-state index contributed by atoms with van der Waals surface area (Å²) in [5, 5.41) is 10.1. The van der Waals surface area contributed by atoms with E-state index >= 15 is 0 Å². The zero-order valence-electron chi connectivity index (χ0n) is 17.3. The molecule has 0 radical (unpaired) electrons. The number of aliphatic carboxylic acids is 1. The third-order valence-electron chi connectivity index (χ3n) is 5.00. The van der Waals surface area contributed by atoms with E-state index in [0.29, 0.717) is 12.4 Å². The maximum absolute atomic E-state index is 12.6. The number of aromatic nitrogens is 1. The zero-order chi connectivity index (χ0) is 22.9. The second-order valence-electron chi connectivity index (χ2n) is 7.38. The third kappa shape index (κ3) is 6.81. The highest BCUT2D eigenvalue weighted by Gasteiger charge is 2.25. The number of carboxylic acids is 1. The van der Waals surface area contributed by atoms with Crippen LogP contribution < -0.4 is 4.74 Å². The van der Waals surface area contributed by atoms with Crippen LogP contribution in [0.4, 0.5) is 0 Å². The van der Waals surface area contributed by atoms with Gasteiger partial charge in [0.1, 0.15) is 5.75 Å². The maximum atomic E-state index is 12.6. The Bertz CT molecular complexity index is 1040. The molecule has 7 heteroatoms. The molecule has 166 valence electrons. The third-order valence-corrected chi connectivity index (χ3v) is 5.63. The molecule has 0 saturated carbocycles. The smallest absolute Gasteiger partial charge is 0.307 e. The number of ketones is 1. The highest BCUT2D eigenvalue weighted by Crippen LogP contribution is 2.27. The minimum Gasteiger partial charge on any atom is -0.494 e. The van der Waals surface area contributed by atoms with Crippen LogP contribution >= 0.6 is 23.2 Å². The summed E-state index contributed by atoms with van der Waals surface area (Å²) in [4.78, 5) is 28.7. The van der Waals surface area contributed by atoms with Crippen LogP contribution in [0.25, 0.3) is 0 Å². The molecule has 0 aliphatic rings. The van der Waals surface area contributed by atoms with Crippen molar-refractivity contribution >= 4 is 35.0 Å². The molecule has 0 spiro atoms. The number of halogens is 2. The number of hydrogen-bond acceptors (Lipinski definition) is 4. The first-order valence-electron chi connectivity index (χ1n) is 10.3. The van der Waals surface area contributed by atoms with Gasteiger partial charge in [0.25, 0.3) is 0 Å². The van der Waals surface area contributed by atoms with Crippen LogP contribution in [0.15, 0.2) is 66.9 Å². The largest absolute Gasteiger partial charge is 0.494 e. The average Bonchev–Trinajstić information content (AvgIpc) is 2.78. The maximum Gasteiger partial charge on any atom is 0.307 e. The Morgan fingerprint density at radius 3 is 2.31 bits per heavy atom. The predicted octanol–water partition coefficient (Wildman–Crippen LogP) is 5.92. The topological polar surface area (TPSA) is 76.5 Å². The number of ether oxygens (including phenoxy) is 1. The highest BCUT2D eigenvalue weighted by molar-refractivity contribution is 6.39. The second-order valence-corrected chi connectivity index (χ2v) is 8.19. The number of rotatable bonds is 11. The van der Waals surface area contributed by atoms with Gasteiger partial charge in [0.05, 0.1) is 28.1 Å². The monoisotopic (exact) mass is 471 g/mol. The van der Waals surface area contributed by atoms with Crippen LogP contribution in [0, 0.1) is 5.92 Å². The predicted molar refractivity (Wildman–Crippen MR) is 125 cm³/mol. The van der Waals surface area contributed by atoms with Gasteiger partial charge in [-0.05, 0) is 61.2 Å². The van der Waals surface area contributed by atoms with Crippen molar-refractivity contribution in [3.63, 3.8) is 0 Å². The Morgan fingerprint density at radius 2 is 1.69 bits per heavy atom. The van der Waals surface area contributed by atoms with E-state index in [1.807, 2.05) is 42.5 Å². The van der Waals surface area contributed by atoms with E-state index < -0.39 is 11.9 Å². The van der Waals surface area contributed by atoms with Crippen molar-refractivity contribution in [2.45, 2.75) is 25.7 Å². The van der Waals surface area contributed by atoms with Gasteiger partial charge in [0, 0.05) is 18.3 Å². The number of hydrogen-bond donors (Lipinski definition) is 1. The van der Waals surface area contributed by atoms with Crippen LogP contribution in [0.5, 0.6) is 5.75 Å². The first-order valence-corrected chi connectivity index (χ1v) is 11.0. The van der Waals surface area contributed by atoms with Crippen LogP contribution in [0.3, 0.4) is 0 Å². The standard InChI is InChI=1S/C25H23Cl2NO4/c26-21-7-3-8-22(27)24(21)23(29)16-18(25(30)31)15-17-9-11-20(12-10-17)32-14-4-6-19-5-1-2-13-28-19/h1-3,5,7-13,18H,4,6,14-16H2,(H,30,31)/t18-/m1/s1. The fourth-order valence-electron chi connectivity index (χ4n) is 3.33. The molecule has 1 aromatic heterocycles. The molecule has 3 rings (SSSR count). The summed E-state index contributed by atoms with van der Waals surface area (Å²) in [7, 11) is 0. The van der Waals surface area contributed by atoms with E-state index in [4.69, 9.17) is 27.9 Å². The lowest BCUT2D eigenvalue weighted by atomic mass is 9.92. The Morgan fingerprint density at radius 1 is 0.969 bits per heavy atom. The molecule has 32 heavy (non-hydrogen) atoms. The molecule has 1 N–H and O–H groups in total. The fraction of sp³-hybridized carbons (Fsp3) is 0.240. The quantitative estimate of drug-likeness (QED) is 0.277. The van der Waals surface area contributed by atoms with Gasteiger partial charge in [0.15, 0.2) is 5.78 Å². The number of Topliss-reactive ketones (excluding diaryl/α,β-unsaturated/α-hetero) is 1. The number of carbonyl (C=O) groups is 2. The van der Waals surface area contributed by atoms with Gasteiger partial charge < -0.3 is 9.84 Å². The first-order chi connectivity index (χ1) is 15.4. The molecule has 0 aliphatic heterocycles. The molecule has 1 atom stereocenters. The summed E-state index contributed by atoms with van der Waals surface area (Å²) in [6.45, 7) is 0.556. The number of benzene rings is 2. The van der Waals surface area contributed by atoms with E-state index in [1.54, 1.807) is 24.4 Å². The van der Waals surface area contributed by atoms with Crippen molar-refractivity contribution in [2.24, 2.45) is 5.92 Å². The van der Waals surface area contributed by atoms with E-state index in [9.17, 15) is 14.7 Å². The molecule has 0 unspecified atom stereocenters. The number of carboxylic acid groups (broad SMARTS) is 1. The second kappa shape index (κ2) is 11.7. The zero-order valence-corrected chi connectivity index (χ0v) is 18.9. The van der Waals surface area contributed by atoms with Crippen molar-refractivity contribution in [1.29, 1.82) is 0 Å². The van der Waals surface area contributed by atoms with Crippen molar-refractivity contribution in [1.82, 2.24) is 4.98 Å². The van der Waals surface area contributed by atoms with Gasteiger partial charge in [-0.3, -0.25) is 14.6 Å². The summed E-state index contributed by atoms with van der Waals surface area (Å²) < 4.78 is 5.76. The normalized spacial score (nSPS) is 11.7. The number of nitrogens with zero attached hydrogens (tertiary/aromatic N) is 1. The SMILES string of the molecule is O=C(C[C@@H](Cc1ccc(OCCCc2ccccn2)cc1)C(=O)O)c1c(Cl)cccc1Cl. The van der Waals surface area contributed by atoms with Crippen LogP contribution in [0.2, 0.25) is 10.0 Å². The summed E-state index contributed by atoms with van der Waals surface area (Å²) in [5.74, 6) is -1.61. The summed E-state index contributed by atoms with van der Waals surface area (Å²) >= 11 is 12.2. The highest BCUT2D eigenvalue weighted by atomic mass is 35.5. The number of pyridine rings is 1. The lowest BCUT2D eigenvalue weighted by Crippen LogP contribution is -2.21. The molecule has 0 saturated heterocycles. The van der Waals surface area contributed by atoms with Crippen LogP contribution in [0.1, 0.15) is 34.5 Å². The molecule has 5 nitrogen and oxygen atoms in total. The summed E-state index contributed by atoms with van der Waals surface area (Å²) in [5.41, 5.74) is 1.99. The van der Waals surface area contributed by atoms with Crippen molar-refractivity contribution in [2.75, 3.05) is 6.61 Å². The molecular formula is C25H23Cl2NO4. The van der Waals surface area contributed by atoms with E-state index in [1.165, 1.54) is 0 Å². The van der Waals surface area contributed by atoms with Crippen LogP contribution in [-0.2, 0) is 17.6 Å². The Kier molecular flexibility index (Phi) is 8.65. The average molecular weight is 472 g/mol. The molecular weight excluding hydrogens is 449 g/mol. The Labute approximate surface area is 197 Å². The van der Waals surface area contributed by atoms with Gasteiger partial charge in [-0.25, -0.2) is 0 Å². The van der Waals surface area contributed by atoms with E-state index in [2.05, 4.69) is 4.98 Å². The van der Waals surface area contributed by atoms with Gasteiger partial charge in [-0.15, -0.1) is 0 Å². The number of aryl methyl sites for hydroxylation is 1. The van der Waals surface area contributed by atoms with Gasteiger partial charge in [0.2, 0.25) is 0 Å². The minimum atomic E-state index is -1.05. The lowest BCUT2D eigenvalue weighted by Gasteiger charge is -2.14. The summed E-state index contributed by atoms with van der Waals surface area (Å²) in [6.07, 6.45) is 3.47. The lowest BCUT2D eigenvalue weighted by molar-refractivity contribution is -0.141. The molecule has 0 fully saturated rings. The minimum absolute atomic E-state index is 0.163. The molecule has 3 aromatic rings. The molecule has 0 aliphatic carbocycles. The van der Waals surface area contributed by atoms with Gasteiger partial charge >= 0.3 is 5.97 Å². The fourth-order valence-corrected chi connectivity index (χ4v) is 3.94. The van der Waals surface area contributed by atoms with Gasteiger partial charge in [-0.2, -0.15) is 0 Å². The molecule has 0 bridgehead atoms. The number of carbonyl (C=O) groups excluding carboxylic acids is 1. The molecule has 2 aromatic carbocycles. The molecule has 1 heterocycles. The summed E-state index contributed by atoms with van der Waals surface area (Å²) in [6, 6.07) is 17.8. The first kappa shape index (κ1) is 23.8. The Balaban J connectivity index is 1.53. The van der Waals surface area contributed by atoms with Crippen molar-refractivity contribution in [3.8, 4) is 5.75 Å². The van der Waals surface area contributed by atoms with Crippen molar-refractivity contribution < 1.29 is 19.4 Å². The van der Waals surface area contributed by atoms with Crippen LogP contribution in [-0.4, -0.2) is 28.4 Å². The molecule has 0 amide bonds. The van der Waals surface area contributed by atoms with Gasteiger partial charge in [-0.1, -0.05) is 47.5 Å².